The van der Waals surface area contributed by atoms with E-state index in [1.54, 1.807) is 4.90 Å². The molecule has 0 spiro atoms. The Hall–Kier alpha value is -1.04. The lowest BCUT2D eigenvalue weighted by Gasteiger charge is -2.32. The van der Waals surface area contributed by atoms with E-state index < -0.39 is 0 Å². The molecule has 1 aliphatic rings. The first-order valence-corrected chi connectivity index (χ1v) is 5.44. The van der Waals surface area contributed by atoms with E-state index in [1.807, 2.05) is 29.9 Å². The zero-order valence-electron chi connectivity index (χ0n) is 9.83. The van der Waals surface area contributed by atoms with Gasteiger partial charge in [-0.05, 0) is 12.1 Å². The van der Waals surface area contributed by atoms with Gasteiger partial charge < -0.3 is 19.9 Å². The highest BCUT2D eigenvalue weighted by Gasteiger charge is 2.25. The molecule has 5 nitrogen and oxygen atoms in total. The molecule has 96 valence electrons. The van der Waals surface area contributed by atoms with Crippen LogP contribution in [0, 0.1) is 0 Å². The number of carbonyl (C=O) groups is 1. The number of nitrogens with two attached hydrogens (primary N) is 1. The van der Waals surface area contributed by atoms with Crippen molar-refractivity contribution in [2.75, 3.05) is 26.2 Å². The third kappa shape index (κ3) is 3.00. The van der Waals surface area contributed by atoms with Gasteiger partial charge >= 0.3 is 0 Å². The maximum absolute atomic E-state index is 12.2. The molecule has 2 heterocycles. The standard InChI is InChI=1S/C11H17N3O2.ClH/c1-13-4-2-3-10(13)11(15)14-5-6-16-9(7-12)8-14;/h2-4,9H,5-8,12H2,1H3;1H. The normalized spacial score (nSPS) is 19.9. The van der Waals surface area contributed by atoms with Crippen LogP contribution >= 0.6 is 12.4 Å². The van der Waals surface area contributed by atoms with Crippen molar-refractivity contribution in [3.05, 3.63) is 24.0 Å². The molecule has 0 saturated carbocycles. The van der Waals surface area contributed by atoms with Gasteiger partial charge in [0.2, 0.25) is 0 Å². The lowest BCUT2D eigenvalue weighted by atomic mass is 10.2. The number of carbonyl (C=O) groups excluding carboxylic acids is 1. The Morgan fingerprint density at radius 2 is 2.41 bits per heavy atom. The maximum Gasteiger partial charge on any atom is 0.270 e. The van der Waals surface area contributed by atoms with Gasteiger partial charge in [0.1, 0.15) is 5.69 Å². The van der Waals surface area contributed by atoms with E-state index in [1.165, 1.54) is 0 Å². The zero-order chi connectivity index (χ0) is 11.5. The lowest BCUT2D eigenvalue weighted by molar-refractivity contribution is -0.0170. The molecule has 1 aromatic rings. The summed E-state index contributed by atoms with van der Waals surface area (Å²) in [5.74, 6) is 0.0502. The zero-order valence-corrected chi connectivity index (χ0v) is 10.7. The molecule has 0 bridgehead atoms. The highest BCUT2D eigenvalue weighted by atomic mass is 35.5. The molecule has 1 aromatic heterocycles. The predicted octanol–water partition coefficient (Wildman–Crippen LogP) is 0.247. The summed E-state index contributed by atoms with van der Waals surface area (Å²) in [6, 6.07) is 3.70. The fourth-order valence-corrected chi connectivity index (χ4v) is 1.89. The van der Waals surface area contributed by atoms with E-state index in [0.29, 0.717) is 31.9 Å². The number of ether oxygens (including phenoxy) is 1. The number of halogens is 1. The van der Waals surface area contributed by atoms with Gasteiger partial charge in [0.15, 0.2) is 0 Å². The van der Waals surface area contributed by atoms with Crippen LogP contribution in [0.3, 0.4) is 0 Å². The third-order valence-electron chi connectivity index (χ3n) is 2.85. The quantitative estimate of drug-likeness (QED) is 0.828. The Labute approximate surface area is 107 Å². The highest BCUT2D eigenvalue weighted by Crippen LogP contribution is 2.10. The first-order valence-electron chi connectivity index (χ1n) is 5.44. The largest absolute Gasteiger partial charge is 0.373 e. The van der Waals surface area contributed by atoms with E-state index in [-0.39, 0.29) is 24.4 Å². The summed E-state index contributed by atoms with van der Waals surface area (Å²) in [5, 5.41) is 0. The first kappa shape index (κ1) is 14.0. The van der Waals surface area contributed by atoms with Crippen molar-refractivity contribution >= 4 is 18.3 Å². The van der Waals surface area contributed by atoms with E-state index in [4.69, 9.17) is 10.5 Å². The Bertz CT molecular complexity index is 381. The number of hydrogen-bond acceptors (Lipinski definition) is 3. The second kappa shape index (κ2) is 6.05. The monoisotopic (exact) mass is 259 g/mol. The second-order valence-electron chi connectivity index (χ2n) is 3.98. The predicted molar refractivity (Wildman–Crippen MR) is 67.4 cm³/mol. The fourth-order valence-electron chi connectivity index (χ4n) is 1.89. The Kier molecular flexibility index (Phi) is 4.99. The molecule has 6 heteroatoms. The number of rotatable bonds is 2. The Morgan fingerprint density at radius 3 is 3.00 bits per heavy atom. The molecular formula is C11H18ClN3O2. The van der Waals surface area contributed by atoms with E-state index in [9.17, 15) is 4.79 Å². The van der Waals surface area contributed by atoms with Crippen LogP contribution in [0.25, 0.3) is 0 Å². The van der Waals surface area contributed by atoms with Crippen molar-refractivity contribution in [2.24, 2.45) is 12.8 Å². The summed E-state index contributed by atoms with van der Waals surface area (Å²) < 4.78 is 7.26. The maximum atomic E-state index is 12.2. The molecule has 17 heavy (non-hydrogen) atoms. The third-order valence-corrected chi connectivity index (χ3v) is 2.85. The van der Waals surface area contributed by atoms with Crippen LogP contribution in [0.15, 0.2) is 18.3 Å². The van der Waals surface area contributed by atoms with E-state index >= 15 is 0 Å². The molecule has 1 fully saturated rings. The highest BCUT2D eigenvalue weighted by molar-refractivity contribution is 5.92. The number of amides is 1. The average molecular weight is 260 g/mol. The molecular weight excluding hydrogens is 242 g/mol. The molecule has 2 rings (SSSR count). The van der Waals surface area contributed by atoms with Crippen LogP contribution in [0.4, 0.5) is 0 Å². The van der Waals surface area contributed by atoms with Crippen LogP contribution in [0.2, 0.25) is 0 Å². The molecule has 0 aliphatic carbocycles. The number of aryl methyl sites for hydroxylation is 1. The van der Waals surface area contributed by atoms with Gasteiger partial charge in [0, 0.05) is 32.9 Å². The number of hydrogen-bond donors (Lipinski definition) is 1. The van der Waals surface area contributed by atoms with Crippen molar-refractivity contribution in [1.29, 1.82) is 0 Å². The molecule has 1 amide bonds. The van der Waals surface area contributed by atoms with Gasteiger partial charge in [-0.2, -0.15) is 0 Å². The van der Waals surface area contributed by atoms with Gasteiger partial charge in [-0.3, -0.25) is 4.79 Å². The molecule has 1 saturated heterocycles. The van der Waals surface area contributed by atoms with Crippen LogP contribution in [0.5, 0.6) is 0 Å². The molecule has 2 N–H and O–H groups in total. The summed E-state index contributed by atoms with van der Waals surface area (Å²) in [4.78, 5) is 14.0. The van der Waals surface area contributed by atoms with Crippen molar-refractivity contribution in [1.82, 2.24) is 9.47 Å². The van der Waals surface area contributed by atoms with Crippen LogP contribution in [0.1, 0.15) is 10.5 Å². The van der Waals surface area contributed by atoms with Crippen molar-refractivity contribution in [3.8, 4) is 0 Å². The molecule has 1 aliphatic heterocycles. The van der Waals surface area contributed by atoms with Gasteiger partial charge in [0.05, 0.1) is 12.7 Å². The van der Waals surface area contributed by atoms with Gasteiger partial charge in [-0.1, -0.05) is 0 Å². The molecule has 0 radical (unpaired) electrons. The summed E-state index contributed by atoms with van der Waals surface area (Å²) in [7, 11) is 1.87. The van der Waals surface area contributed by atoms with Gasteiger partial charge in [-0.25, -0.2) is 0 Å². The summed E-state index contributed by atoms with van der Waals surface area (Å²) in [6.07, 6.45) is 1.84. The SMILES string of the molecule is Cl.Cn1cccc1C(=O)N1CCOC(CN)C1. The van der Waals surface area contributed by atoms with Gasteiger partial charge in [0.25, 0.3) is 5.91 Å². The summed E-state index contributed by atoms with van der Waals surface area (Å²) in [6.45, 7) is 2.25. The second-order valence-corrected chi connectivity index (χ2v) is 3.98. The van der Waals surface area contributed by atoms with Gasteiger partial charge in [-0.15, -0.1) is 12.4 Å². The van der Waals surface area contributed by atoms with Crippen LogP contribution < -0.4 is 5.73 Å². The van der Waals surface area contributed by atoms with E-state index in [0.717, 1.165) is 0 Å². The van der Waals surface area contributed by atoms with Crippen molar-refractivity contribution in [3.63, 3.8) is 0 Å². The topological polar surface area (TPSA) is 60.5 Å². The Balaban J connectivity index is 0.00000144. The number of morpholine rings is 1. The van der Waals surface area contributed by atoms with Crippen LogP contribution in [-0.2, 0) is 11.8 Å². The minimum atomic E-state index is -0.0297. The molecule has 0 aromatic carbocycles. The fraction of sp³-hybridized carbons (Fsp3) is 0.545. The molecule has 1 unspecified atom stereocenters. The number of aromatic nitrogens is 1. The van der Waals surface area contributed by atoms with Crippen molar-refractivity contribution in [2.45, 2.75) is 6.10 Å². The first-order chi connectivity index (χ1) is 7.72. The minimum absolute atomic E-state index is 0. The average Bonchev–Trinajstić information content (AvgIpc) is 2.74. The summed E-state index contributed by atoms with van der Waals surface area (Å²) in [5.41, 5.74) is 6.25. The van der Waals surface area contributed by atoms with Crippen molar-refractivity contribution < 1.29 is 9.53 Å². The lowest BCUT2D eigenvalue weighted by Crippen LogP contribution is -2.48. The minimum Gasteiger partial charge on any atom is -0.373 e. The summed E-state index contributed by atoms with van der Waals surface area (Å²) >= 11 is 0. The smallest absolute Gasteiger partial charge is 0.270 e. The van der Waals surface area contributed by atoms with Crippen LogP contribution in [-0.4, -0.2) is 47.7 Å². The number of nitrogens with zero attached hydrogens (tertiary/aromatic N) is 2. The van der Waals surface area contributed by atoms with E-state index in [2.05, 4.69) is 0 Å². The Morgan fingerprint density at radius 1 is 1.65 bits per heavy atom. The molecule has 1 atom stereocenters.